The Morgan fingerprint density at radius 1 is 0.960 bits per heavy atom. The van der Waals surface area contributed by atoms with E-state index in [2.05, 4.69) is 10.3 Å². The molecule has 4 rings (SSSR count). The zero-order valence-electron chi connectivity index (χ0n) is 13.6. The topological polar surface area (TPSA) is 71.2 Å². The van der Waals surface area contributed by atoms with Crippen LogP contribution in [-0.2, 0) is 0 Å². The minimum atomic E-state index is -0.419. The summed E-state index contributed by atoms with van der Waals surface area (Å²) in [4.78, 5) is 27.4. The fraction of sp³-hybridized carbons (Fsp3) is 0.100. The molecule has 3 aromatic rings. The van der Waals surface area contributed by atoms with Gasteiger partial charge in [-0.25, -0.2) is 0 Å². The minimum Gasteiger partial charge on any atom is -0.457 e. The van der Waals surface area contributed by atoms with Gasteiger partial charge in [-0.2, -0.15) is 0 Å². The highest BCUT2D eigenvalue weighted by molar-refractivity contribution is 5.94. The van der Waals surface area contributed by atoms with Crippen LogP contribution in [0.4, 0.5) is 0 Å². The molecule has 0 saturated carbocycles. The number of H-pyrrole nitrogens is 1. The molecule has 0 atom stereocenters. The second-order valence-corrected chi connectivity index (χ2v) is 5.97. The van der Waals surface area contributed by atoms with Gasteiger partial charge >= 0.3 is 0 Å². The number of benzene rings is 2. The largest absolute Gasteiger partial charge is 0.457 e. The van der Waals surface area contributed by atoms with Crippen molar-refractivity contribution in [2.75, 3.05) is 0 Å². The number of nitrogens with one attached hydrogen (secondary N) is 2. The SMILES string of the molecule is Cc1ccc(C(=O)NC2c3ccccc3Oc3ccccc32)c(=O)[nH]1. The van der Waals surface area contributed by atoms with E-state index in [1.807, 2.05) is 48.5 Å². The number of hydrogen-bond acceptors (Lipinski definition) is 3. The average molecular weight is 332 g/mol. The highest BCUT2D eigenvalue weighted by atomic mass is 16.5. The maximum atomic E-state index is 12.7. The van der Waals surface area contributed by atoms with Crippen molar-refractivity contribution in [3.05, 3.63) is 93.4 Å². The number of aryl methyl sites for hydroxylation is 1. The standard InChI is InChI=1S/C20H16N2O3/c1-12-10-11-15(19(23)21-12)20(24)22-18-13-6-2-4-8-16(13)25-17-9-5-3-7-14(17)18/h2-11,18H,1H3,(H,21,23)(H,22,24). The third-order valence-corrected chi connectivity index (χ3v) is 4.26. The molecule has 1 aliphatic heterocycles. The molecule has 0 radical (unpaired) electrons. The van der Waals surface area contributed by atoms with Crippen molar-refractivity contribution in [2.45, 2.75) is 13.0 Å². The van der Waals surface area contributed by atoms with Crippen LogP contribution in [0.15, 0.2) is 65.5 Å². The van der Waals surface area contributed by atoms with Gasteiger partial charge in [0.1, 0.15) is 17.1 Å². The molecule has 2 N–H and O–H groups in total. The number of aromatic amines is 1. The van der Waals surface area contributed by atoms with Gasteiger partial charge in [-0.1, -0.05) is 36.4 Å². The first-order valence-corrected chi connectivity index (χ1v) is 8.00. The van der Waals surface area contributed by atoms with Crippen LogP contribution in [0.5, 0.6) is 11.5 Å². The fourth-order valence-electron chi connectivity index (χ4n) is 3.03. The smallest absolute Gasteiger partial charge is 0.260 e. The van der Waals surface area contributed by atoms with Gasteiger partial charge in [0.25, 0.3) is 11.5 Å². The first-order valence-electron chi connectivity index (χ1n) is 8.00. The quantitative estimate of drug-likeness (QED) is 0.756. The van der Waals surface area contributed by atoms with Crippen LogP contribution < -0.4 is 15.6 Å². The molecule has 5 heteroatoms. The number of carbonyl (C=O) groups is 1. The number of carbonyl (C=O) groups excluding carboxylic acids is 1. The molecule has 1 aromatic heterocycles. The normalized spacial score (nSPS) is 12.7. The summed E-state index contributed by atoms with van der Waals surface area (Å²) in [6, 6.07) is 18.0. The third kappa shape index (κ3) is 2.70. The molecule has 0 bridgehead atoms. The zero-order chi connectivity index (χ0) is 17.4. The Labute approximate surface area is 144 Å². The van der Waals surface area contributed by atoms with Crippen LogP contribution in [0.1, 0.15) is 33.2 Å². The molecular formula is C20H16N2O3. The Balaban J connectivity index is 1.75. The van der Waals surface area contributed by atoms with E-state index in [0.29, 0.717) is 17.2 Å². The van der Waals surface area contributed by atoms with E-state index in [1.165, 1.54) is 0 Å². The van der Waals surface area contributed by atoms with Crippen molar-refractivity contribution in [1.82, 2.24) is 10.3 Å². The van der Waals surface area contributed by atoms with Crippen LogP contribution in [-0.4, -0.2) is 10.9 Å². The monoisotopic (exact) mass is 332 g/mol. The van der Waals surface area contributed by atoms with E-state index >= 15 is 0 Å². The summed E-state index contributed by atoms with van der Waals surface area (Å²) in [5.41, 5.74) is 2.12. The minimum absolute atomic E-state index is 0.0899. The van der Waals surface area contributed by atoms with E-state index in [9.17, 15) is 9.59 Å². The van der Waals surface area contributed by atoms with Gasteiger partial charge in [-0.05, 0) is 31.2 Å². The molecule has 0 aliphatic carbocycles. The van der Waals surface area contributed by atoms with Crippen molar-refractivity contribution in [3.8, 4) is 11.5 Å². The third-order valence-electron chi connectivity index (χ3n) is 4.26. The molecule has 25 heavy (non-hydrogen) atoms. The summed E-state index contributed by atoms with van der Waals surface area (Å²) < 4.78 is 5.92. The number of aromatic nitrogens is 1. The summed E-state index contributed by atoms with van der Waals surface area (Å²) in [7, 11) is 0. The Morgan fingerprint density at radius 2 is 1.56 bits per heavy atom. The highest BCUT2D eigenvalue weighted by Gasteiger charge is 2.28. The molecule has 2 heterocycles. The van der Waals surface area contributed by atoms with Crippen LogP contribution in [0, 0.1) is 6.92 Å². The van der Waals surface area contributed by atoms with Crippen molar-refractivity contribution in [2.24, 2.45) is 0 Å². The predicted molar refractivity (Wildman–Crippen MR) is 94.1 cm³/mol. The molecular weight excluding hydrogens is 316 g/mol. The molecule has 124 valence electrons. The van der Waals surface area contributed by atoms with Gasteiger partial charge in [0, 0.05) is 16.8 Å². The van der Waals surface area contributed by atoms with Crippen LogP contribution in [0.2, 0.25) is 0 Å². The summed E-state index contributed by atoms with van der Waals surface area (Å²) in [6.07, 6.45) is 0. The number of pyridine rings is 1. The van der Waals surface area contributed by atoms with Crippen LogP contribution >= 0.6 is 0 Å². The van der Waals surface area contributed by atoms with E-state index < -0.39 is 11.5 Å². The molecule has 0 unspecified atom stereocenters. The second-order valence-electron chi connectivity index (χ2n) is 5.97. The van der Waals surface area contributed by atoms with E-state index in [-0.39, 0.29) is 11.6 Å². The highest BCUT2D eigenvalue weighted by Crippen LogP contribution is 2.42. The Morgan fingerprint density at radius 3 is 2.16 bits per heavy atom. The molecule has 0 saturated heterocycles. The molecule has 5 nitrogen and oxygen atoms in total. The van der Waals surface area contributed by atoms with Crippen LogP contribution in [0.3, 0.4) is 0 Å². The van der Waals surface area contributed by atoms with Gasteiger partial charge in [0.05, 0.1) is 6.04 Å². The van der Waals surface area contributed by atoms with Crippen molar-refractivity contribution >= 4 is 5.91 Å². The lowest BCUT2D eigenvalue weighted by atomic mass is 9.94. The van der Waals surface area contributed by atoms with Gasteiger partial charge in [0.2, 0.25) is 0 Å². The molecule has 1 amide bonds. The number of para-hydroxylation sites is 2. The molecule has 1 aliphatic rings. The predicted octanol–water partition coefficient (Wildman–Crippen LogP) is 3.31. The Hall–Kier alpha value is -3.34. The number of hydrogen-bond donors (Lipinski definition) is 2. The summed E-state index contributed by atoms with van der Waals surface area (Å²) in [5.74, 6) is 0.978. The zero-order valence-corrected chi connectivity index (χ0v) is 13.6. The lowest BCUT2D eigenvalue weighted by Gasteiger charge is -2.28. The van der Waals surface area contributed by atoms with Crippen molar-refractivity contribution in [3.63, 3.8) is 0 Å². The second kappa shape index (κ2) is 5.94. The van der Waals surface area contributed by atoms with Gasteiger partial charge < -0.3 is 15.0 Å². The number of amides is 1. The maximum Gasteiger partial charge on any atom is 0.260 e. The summed E-state index contributed by atoms with van der Waals surface area (Å²) in [5, 5.41) is 2.97. The van der Waals surface area contributed by atoms with Gasteiger partial charge in [-0.3, -0.25) is 9.59 Å². The molecule has 0 fully saturated rings. The first kappa shape index (κ1) is 15.2. The van der Waals surface area contributed by atoms with Crippen LogP contribution in [0.25, 0.3) is 0 Å². The Kier molecular flexibility index (Phi) is 3.61. The average Bonchev–Trinajstić information content (AvgIpc) is 2.61. The Bertz CT molecular complexity index is 978. The molecule has 0 spiro atoms. The first-order chi connectivity index (χ1) is 12.1. The lowest BCUT2D eigenvalue weighted by molar-refractivity contribution is 0.0940. The lowest BCUT2D eigenvalue weighted by Crippen LogP contribution is -2.34. The van der Waals surface area contributed by atoms with Crippen molar-refractivity contribution in [1.29, 1.82) is 0 Å². The fourth-order valence-corrected chi connectivity index (χ4v) is 3.03. The van der Waals surface area contributed by atoms with E-state index in [0.717, 1.165) is 11.1 Å². The van der Waals surface area contributed by atoms with Gasteiger partial charge in [0.15, 0.2) is 0 Å². The number of ether oxygens (including phenoxy) is 1. The number of rotatable bonds is 2. The molecule has 2 aromatic carbocycles. The maximum absolute atomic E-state index is 12.7. The van der Waals surface area contributed by atoms with E-state index in [1.54, 1.807) is 19.1 Å². The van der Waals surface area contributed by atoms with Crippen molar-refractivity contribution < 1.29 is 9.53 Å². The number of fused-ring (bicyclic) bond motifs is 2. The summed E-state index contributed by atoms with van der Waals surface area (Å²) in [6.45, 7) is 1.77. The summed E-state index contributed by atoms with van der Waals surface area (Å²) >= 11 is 0. The van der Waals surface area contributed by atoms with E-state index in [4.69, 9.17) is 4.74 Å². The van der Waals surface area contributed by atoms with Gasteiger partial charge in [-0.15, -0.1) is 0 Å².